The van der Waals surface area contributed by atoms with Crippen molar-refractivity contribution in [3.8, 4) is 5.75 Å². The summed E-state index contributed by atoms with van der Waals surface area (Å²) in [6.07, 6.45) is -0.272. The second-order valence-corrected chi connectivity index (χ2v) is 5.81. The molecular formula is C17H19FN2O6. The van der Waals surface area contributed by atoms with E-state index < -0.39 is 17.7 Å². The average molecular weight is 366 g/mol. The second kappa shape index (κ2) is 7.71. The largest absolute Gasteiger partial charge is 0.480 e. The van der Waals surface area contributed by atoms with Crippen LogP contribution in [0.15, 0.2) is 29.5 Å². The summed E-state index contributed by atoms with van der Waals surface area (Å²) in [5, 5.41) is 11.9. The highest BCUT2D eigenvalue weighted by molar-refractivity contribution is 6.08. The van der Waals surface area contributed by atoms with Crippen LogP contribution in [-0.2, 0) is 19.1 Å². The summed E-state index contributed by atoms with van der Waals surface area (Å²) in [6.45, 7) is 0.524. The van der Waals surface area contributed by atoms with Gasteiger partial charge >= 0.3 is 5.97 Å². The highest BCUT2D eigenvalue weighted by Crippen LogP contribution is 2.33. The zero-order valence-corrected chi connectivity index (χ0v) is 14.2. The van der Waals surface area contributed by atoms with Crippen molar-refractivity contribution in [2.75, 3.05) is 45.3 Å². The molecule has 140 valence electrons. The van der Waals surface area contributed by atoms with Gasteiger partial charge in [0.15, 0.2) is 11.6 Å². The Bertz CT molecular complexity index is 747. The van der Waals surface area contributed by atoms with Gasteiger partial charge in [0.05, 0.1) is 44.7 Å². The monoisotopic (exact) mass is 366 g/mol. The Hall–Kier alpha value is -2.65. The van der Waals surface area contributed by atoms with Crippen LogP contribution in [0.4, 0.5) is 10.1 Å². The van der Waals surface area contributed by atoms with Gasteiger partial charge in [0.25, 0.3) is 5.91 Å². The fourth-order valence-corrected chi connectivity index (χ4v) is 2.66. The Labute approximate surface area is 149 Å². The number of nitrogens with one attached hydrogen (secondary N) is 1. The van der Waals surface area contributed by atoms with Crippen LogP contribution in [0.25, 0.3) is 0 Å². The summed E-state index contributed by atoms with van der Waals surface area (Å²) < 4.78 is 29.5. The quantitative estimate of drug-likeness (QED) is 0.669. The minimum absolute atomic E-state index is 0.00360. The summed E-state index contributed by atoms with van der Waals surface area (Å²) in [6, 6.07) is 4.25. The summed E-state index contributed by atoms with van der Waals surface area (Å²) in [5.74, 6) is -1.81. The minimum Gasteiger partial charge on any atom is -0.480 e. The van der Waals surface area contributed by atoms with Gasteiger partial charge in [-0.05, 0) is 12.1 Å². The van der Waals surface area contributed by atoms with E-state index in [2.05, 4.69) is 5.32 Å². The van der Waals surface area contributed by atoms with Gasteiger partial charge in [0.2, 0.25) is 0 Å². The first-order valence-electron chi connectivity index (χ1n) is 8.06. The number of nitrogens with zero attached hydrogens (tertiary/aromatic N) is 1. The van der Waals surface area contributed by atoms with Crippen molar-refractivity contribution >= 4 is 17.6 Å². The standard InChI is InChI=1S/C17H19FN2O6/c1-24-17(23)11-7-20(5-6-21)16(22)14(11)19-13-4-2-3-12(18)15(13)26-10-8-25-9-10/h2-4,10,19,21H,5-9H2,1H3. The predicted octanol–water partition coefficient (Wildman–Crippen LogP) is 0.277. The lowest BCUT2D eigenvalue weighted by Crippen LogP contribution is -2.39. The maximum atomic E-state index is 14.2. The number of amides is 1. The molecule has 0 aromatic heterocycles. The first-order chi connectivity index (χ1) is 12.5. The molecule has 0 bridgehead atoms. The molecule has 9 heteroatoms. The van der Waals surface area contributed by atoms with Crippen molar-refractivity contribution in [3.05, 3.63) is 35.3 Å². The van der Waals surface area contributed by atoms with E-state index >= 15 is 0 Å². The summed E-state index contributed by atoms with van der Waals surface area (Å²) >= 11 is 0. The Morgan fingerprint density at radius 1 is 1.46 bits per heavy atom. The number of para-hydroxylation sites is 1. The van der Waals surface area contributed by atoms with Gasteiger partial charge in [-0.2, -0.15) is 0 Å². The lowest BCUT2D eigenvalue weighted by Gasteiger charge is -2.28. The number of carbonyl (C=O) groups is 2. The maximum absolute atomic E-state index is 14.2. The molecule has 3 rings (SSSR count). The molecule has 8 nitrogen and oxygen atoms in total. The van der Waals surface area contributed by atoms with Crippen LogP contribution in [0.3, 0.4) is 0 Å². The molecule has 2 heterocycles. The number of hydrogen-bond donors (Lipinski definition) is 2. The SMILES string of the molecule is COC(=O)C1=C(Nc2cccc(F)c2OC2COC2)C(=O)N(CCO)C1. The van der Waals surface area contributed by atoms with Crippen LogP contribution in [-0.4, -0.2) is 68.0 Å². The number of benzene rings is 1. The van der Waals surface area contributed by atoms with E-state index in [0.717, 1.165) is 0 Å². The maximum Gasteiger partial charge on any atom is 0.337 e. The molecule has 0 radical (unpaired) electrons. The first kappa shape index (κ1) is 18.2. The molecule has 0 spiro atoms. The first-order valence-corrected chi connectivity index (χ1v) is 8.06. The fourth-order valence-electron chi connectivity index (χ4n) is 2.66. The predicted molar refractivity (Wildman–Crippen MR) is 88.0 cm³/mol. The van der Waals surface area contributed by atoms with Gasteiger partial charge in [0.1, 0.15) is 11.8 Å². The van der Waals surface area contributed by atoms with E-state index in [1.807, 2.05) is 0 Å². The Kier molecular flexibility index (Phi) is 5.38. The zero-order chi connectivity index (χ0) is 18.7. The molecule has 0 aliphatic carbocycles. The van der Waals surface area contributed by atoms with Crippen LogP contribution in [0.2, 0.25) is 0 Å². The van der Waals surface area contributed by atoms with Gasteiger partial charge in [-0.3, -0.25) is 4.79 Å². The third kappa shape index (κ3) is 3.49. The van der Waals surface area contributed by atoms with E-state index in [9.17, 15) is 14.0 Å². The van der Waals surface area contributed by atoms with Crippen molar-refractivity contribution in [1.29, 1.82) is 0 Å². The number of ether oxygens (including phenoxy) is 3. The van der Waals surface area contributed by atoms with Gasteiger partial charge in [0, 0.05) is 6.54 Å². The smallest absolute Gasteiger partial charge is 0.337 e. The Balaban J connectivity index is 1.91. The fraction of sp³-hybridized carbons (Fsp3) is 0.412. The summed E-state index contributed by atoms with van der Waals surface area (Å²) in [4.78, 5) is 25.9. The number of hydrogen-bond acceptors (Lipinski definition) is 7. The number of methoxy groups -OCH3 is 1. The van der Waals surface area contributed by atoms with Crippen molar-refractivity contribution in [2.24, 2.45) is 0 Å². The van der Waals surface area contributed by atoms with Crippen LogP contribution in [0, 0.1) is 5.82 Å². The molecule has 2 aliphatic rings. The molecule has 1 aromatic carbocycles. The van der Waals surface area contributed by atoms with Crippen LogP contribution >= 0.6 is 0 Å². The molecule has 26 heavy (non-hydrogen) atoms. The number of carbonyl (C=O) groups excluding carboxylic acids is 2. The molecule has 1 saturated heterocycles. The number of aliphatic hydroxyl groups is 1. The number of halogens is 1. The van der Waals surface area contributed by atoms with Gasteiger partial charge in [-0.1, -0.05) is 6.07 Å². The van der Waals surface area contributed by atoms with Crippen LogP contribution < -0.4 is 10.1 Å². The third-order valence-corrected chi connectivity index (χ3v) is 4.07. The van der Waals surface area contributed by atoms with E-state index in [4.69, 9.17) is 19.3 Å². The molecule has 0 unspecified atom stereocenters. The molecule has 0 saturated carbocycles. The molecular weight excluding hydrogens is 347 g/mol. The molecule has 1 amide bonds. The number of anilines is 1. The molecule has 1 fully saturated rings. The van der Waals surface area contributed by atoms with E-state index in [-0.39, 0.29) is 48.5 Å². The zero-order valence-electron chi connectivity index (χ0n) is 14.2. The lowest BCUT2D eigenvalue weighted by atomic mass is 10.2. The normalized spacial score (nSPS) is 17.3. The molecule has 2 N–H and O–H groups in total. The van der Waals surface area contributed by atoms with Crippen molar-refractivity contribution in [3.63, 3.8) is 0 Å². The van der Waals surface area contributed by atoms with Crippen molar-refractivity contribution in [2.45, 2.75) is 6.10 Å². The second-order valence-electron chi connectivity index (χ2n) is 5.81. The van der Waals surface area contributed by atoms with Gasteiger partial charge in [-0.25, -0.2) is 9.18 Å². The van der Waals surface area contributed by atoms with Crippen LogP contribution in [0.5, 0.6) is 5.75 Å². The molecule has 2 aliphatic heterocycles. The molecule has 1 aromatic rings. The average Bonchev–Trinajstić information content (AvgIpc) is 2.89. The highest BCUT2D eigenvalue weighted by atomic mass is 19.1. The van der Waals surface area contributed by atoms with Crippen LogP contribution in [0.1, 0.15) is 0 Å². The van der Waals surface area contributed by atoms with Crippen molar-refractivity contribution < 1.29 is 33.3 Å². The number of esters is 1. The Morgan fingerprint density at radius 2 is 2.23 bits per heavy atom. The highest BCUT2D eigenvalue weighted by Gasteiger charge is 2.35. The Morgan fingerprint density at radius 3 is 2.85 bits per heavy atom. The third-order valence-electron chi connectivity index (χ3n) is 4.07. The van der Waals surface area contributed by atoms with E-state index in [1.54, 1.807) is 6.07 Å². The summed E-state index contributed by atoms with van der Waals surface area (Å²) in [5.41, 5.74) is 0.297. The molecule has 0 atom stereocenters. The summed E-state index contributed by atoms with van der Waals surface area (Å²) in [7, 11) is 1.21. The van der Waals surface area contributed by atoms with E-state index in [1.165, 1.54) is 24.1 Å². The minimum atomic E-state index is -0.674. The lowest BCUT2D eigenvalue weighted by molar-refractivity contribution is -0.136. The number of rotatable bonds is 7. The van der Waals surface area contributed by atoms with Gasteiger partial charge < -0.3 is 29.5 Å². The van der Waals surface area contributed by atoms with Crippen molar-refractivity contribution in [1.82, 2.24) is 4.90 Å². The van der Waals surface area contributed by atoms with Gasteiger partial charge in [-0.15, -0.1) is 0 Å². The number of aliphatic hydroxyl groups excluding tert-OH is 1. The number of β-amino-alcohol motifs (C(OH)–C–C–N with tert-alkyl or cyclic N) is 1. The van der Waals surface area contributed by atoms with E-state index in [0.29, 0.717) is 13.2 Å². The topological polar surface area (TPSA) is 97.3 Å².